The van der Waals surface area contributed by atoms with Gasteiger partial charge in [-0.25, -0.2) is 0 Å². The highest BCUT2D eigenvalue weighted by Crippen LogP contribution is 2.43. The van der Waals surface area contributed by atoms with E-state index in [0.29, 0.717) is 10.7 Å². The van der Waals surface area contributed by atoms with Crippen molar-refractivity contribution in [2.24, 2.45) is 5.92 Å². The second-order valence-corrected chi connectivity index (χ2v) is 6.27. The molecule has 0 saturated heterocycles. The highest BCUT2D eigenvalue weighted by Gasteiger charge is 2.24. The maximum absolute atomic E-state index is 5.75. The average molecular weight is 348 g/mol. The zero-order valence-electron chi connectivity index (χ0n) is 9.59. The van der Waals surface area contributed by atoms with Crippen LogP contribution >= 0.6 is 31.9 Å². The molecule has 0 N–H and O–H groups in total. The lowest BCUT2D eigenvalue weighted by Crippen LogP contribution is -2.04. The molecule has 2 unspecified atom stereocenters. The third-order valence-electron chi connectivity index (χ3n) is 3.22. The van der Waals surface area contributed by atoms with Crippen molar-refractivity contribution >= 4 is 31.9 Å². The van der Waals surface area contributed by atoms with Gasteiger partial charge in [0.2, 0.25) is 0 Å². The number of fused-ring (bicyclic) bond motifs is 1. The Balaban J connectivity index is 2.40. The van der Waals surface area contributed by atoms with E-state index in [1.807, 2.05) is 0 Å². The third kappa shape index (κ3) is 2.30. The van der Waals surface area contributed by atoms with Crippen LogP contribution in [0, 0.1) is 5.92 Å². The summed E-state index contributed by atoms with van der Waals surface area (Å²) in [6.45, 7) is 5.30. The first kappa shape index (κ1) is 12.4. The number of rotatable bonds is 3. The summed E-state index contributed by atoms with van der Waals surface area (Å²) in [4.78, 5) is 0.377. The molecule has 0 bridgehead atoms. The number of hydrogen-bond donors (Lipinski definition) is 0. The van der Waals surface area contributed by atoms with E-state index in [4.69, 9.17) is 4.74 Å². The summed E-state index contributed by atoms with van der Waals surface area (Å²) in [5.41, 5.74) is 2.62. The van der Waals surface area contributed by atoms with Gasteiger partial charge in [-0.05, 0) is 23.6 Å². The minimum Gasteiger partial charge on any atom is -0.493 e. The first-order valence-corrected chi connectivity index (χ1v) is 7.43. The van der Waals surface area contributed by atoms with Crippen molar-refractivity contribution in [3.05, 3.63) is 27.7 Å². The Morgan fingerprint density at radius 2 is 2.19 bits per heavy atom. The Labute approximate surface area is 114 Å². The molecule has 1 aliphatic heterocycles. The number of benzene rings is 1. The van der Waals surface area contributed by atoms with Crippen LogP contribution in [0.25, 0.3) is 0 Å². The maximum atomic E-state index is 5.75. The Morgan fingerprint density at radius 1 is 1.44 bits per heavy atom. The molecule has 0 radical (unpaired) electrons. The van der Waals surface area contributed by atoms with E-state index in [0.717, 1.165) is 29.7 Å². The van der Waals surface area contributed by atoms with Gasteiger partial charge in [-0.2, -0.15) is 0 Å². The van der Waals surface area contributed by atoms with Crippen molar-refractivity contribution in [1.82, 2.24) is 0 Å². The Morgan fingerprint density at radius 3 is 2.88 bits per heavy atom. The highest BCUT2D eigenvalue weighted by atomic mass is 79.9. The Bertz CT molecular complexity index is 390. The molecule has 0 saturated carbocycles. The zero-order valence-corrected chi connectivity index (χ0v) is 12.8. The van der Waals surface area contributed by atoms with Gasteiger partial charge in [-0.3, -0.25) is 0 Å². The van der Waals surface area contributed by atoms with Gasteiger partial charge in [-0.15, -0.1) is 0 Å². The molecule has 2 rings (SSSR count). The van der Waals surface area contributed by atoms with Crippen LogP contribution in [0.5, 0.6) is 5.75 Å². The summed E-state index contributed by atoms with van der Waals surface area (Å²) in [7, 11) is 0. The minimum atomic E-state index is 0.377. The summed E-state index contributed by atoms with van der Waals surface area (Å²) in [5.74, 6) is 1.72. The molecule has 0 fully saturated rings. The summed E-state index contributed by atoms with van der Waals surface area (Å²) >= 11 is 7.38. The van der Waals surface area contributed by atoms with E-state index in [9.17, 15) is 0 Å². The average Bonchev–Trinajstić information content (AvgIpc) is 2.73. The topological polar surface area (TPSA) is 9.23 Å². The van der Waals surface area contributed by atoms with Crippen LogP contribution in [0.2, 0.25) is 0 Å². The molecule has 1 aromatic rings. The van der Waals surface area contributed by atoms with Gasteiger partial charge in [-0.1, -0.05) is 52.1 Å². The SMILES string of the molecule is CCC(C)C(Br)c1cc(Br)cc2c1OCC2. The number of alkyl halides is 1. The van der Waals surface area contributed by atoms with Crippen molar-refractivity contribution in [3.63, 3.8) is 0 Å². The lowest BCUT2D eigenvalue weighted by Gasteiger charge is -2.19. The number of halogens is 2. The summed E-state index contributed by atoms with van der Waals surface area (Å²) in [5, 5.41) is 0. The predicted octanol–water partition coefficient (Wildman–Crippen LogP) is 4.87. The standard InChI is InChI=1S/C13H16Br2O/c1-3-8(2)12(15)11-7-10(14)6-9-4-5-16-13(9)11/h6-8,12H,3-5H2,1-2H3. The predicted molar refractivity (Wildman–Crippen MR) is 74.5 cm³/mol. The van der Waals surface area contributed by atoms with Crippen LogP contribution in [0.3, 0.4) is 0 Å². The first-order valence-electron chi connectivity index (χ1n) is 5.72. The first-order chi connectivity index (χ1) is 7.63. The zero-order chi connectivity index (χ0) is 11.7. The second kappa shape index (κ2) is 5.09. The molecule has 0 aliphatic carbocycles. The van der Waals surface area contributed by atoms with Crippen molar-refractivity contribution in [3.8, 4) is 5.75 Å². The molecule has 0 spiro atoms. The van der Waals surface area contributed by atoms with Gasteiger partial charge in [0.15, 0.2) is 0 Å². The molecular formula is C13H16Br2O. The molecular weight excluding hydrogens is 332 g/mol. The van der Waals surface area contributed by atoms with E-state index in [2.05, 4.69) is 57.8 Å². The summed E-state index contributed by atoms with van der Waals surface area (Å²) in [6.07, 6.45) is 2.19. The van der Waals surface area contributed by atoms with E-state index in [1.165, 1.54) is 11.1 Å². The third-order valence-corrected chi connectivity index (χ3v) is 5.07. The molecule has 3 heteroatoms. The monoisotopic (exact) mass is 346 g/mol. The van der Waals surface area contributed by atoms with Gasteiger partial charge in [0.1, 0.15) is 5.75 Å². The fourth-order valence-corrected chi connectivity index (χ4v) is 3.25. The fourth-order valence-electron chi connectivity index (χ4n) is 2.02. The van der Waals surface area contributed by atoms with Gasteiger partial charge >= 0.3 is 0 Å². The van der Waals surface area contributed by atoms with Crippen LogP contribution in [-0.2, 0) is 6.42 Å². The molecule has 1 aliphatic rings. The Hall–Kier alpha value is -0.0200. The van der Waals surface area contributed by atoms with Crippen molar-refractivity contribution < 1.29 is 4.74 Å². The van der Waals surface area contributed by atoms with Gasteiger partial charge in [0.05, 0.1) is 6.61 Å². The highest BCUT2D eigenvalue weighted by molar-refractivity contribution is 9.10. The molecule has 1 aromatic carbocycles. The molecule has 16 heavy (non-hydrogen) atoms. The smallest absolute Gasteiger partial charge is 0.127 e. The van der Waals surface area contributed by atoms with Gasteiger partial charge in [0.25, 0.3) is 0 Å². The van der Waals surface area contributed by atoms with E-state index in [1.54, 1.807) is 0 Å². The molecule has 88 valence electrons. The van der Waals surface area contributed by atoms with Crippen LogP contribution in [0.15, 0.2) is 16.6 Å². The van der Waals surface area contributed by atoms with E-state index < -0.39 is 0 Å². The number of hydrogen-bond acceptors (Lipinski definition) is 1. The lowest BCUT2D eigenvalue weighted by molar-refractivity contribution is 0.351. The van der Waals surface area contributed by atoms with Crippen LogP contribution in [0.4, 0.5) is 0 Å². The fraction of sp³-hybridized carbons (Fsp3) is 0.538. The minimum absolute atomic E-state index is 0.377. The van der Waals surface area contributed by atoms with E-state index >= 15 is 0 Å². The van der Waals surface area contributed by atoms with Crippen molar-refractivity contribution in [2.45, 2.75) is 31.5 Å². The van der Waals surface area contributed by atoms with Gasteiger partial charge in [0, 0.05) is 21.3 Å². The van der Waals surface area contributed by atoms with Gasteiger partial charge < -0.3 is 4.74 Å². The maximum Gasteiger partial charge on any atom is 0.127 e. The van der Waals surface area contributed by atoms with E-state index in [-0.39, 0.29) is 0 Å². The van der Waals surface area contributed by atoms with Crippen LogP contribution in [0.1, 0.15) is 36.2 Å². The van der Waals surface area contributed by atoms with Crippen molar-refractivity contribution in [1.29, 1.82) is 0 Å². The molecule has 0 aromatic heterocycles. The summed E-state index contributed by atoms with van der Waals surface area (Å²) in [6, 6.07) is 4.35. The van der Waals surface area contributed by atoms with Crippen molar-refractivity contribution in [2.75, 3.05) is 6.61 Å². The quantitative estimate of drug-likeness (QED) is 0.709. The lowest BCUT2D eigenvalue weighted by atomic mass is 9.96. The second-order valence-electron chi connectivity index (χ2n) is 4.37. The van der Waals surface area contributed by atoms with Crippen LogP contribution < -0.4 is 4.74 Å². The van der Waals surface area contributed by atoms with Crippen LogP contribution in [-0.4, -0.2) is 6.61 Å². The molecule has 2 atom stereocenters. The Kier molecular flexibility index (Phi) is 3.96. The molecule has 1 nitrogen and oxygen atoms in total. The molecule has 1 heterocycles. The largest absolute Gasteiger partial charge is 0.493 e. The summed E-state index contributed by atoms with van der Waals surface area (Å²) < 4.78 is 6.90. The number of ether oxygens (including phenoxy) is 1. The molecule has 0 amide bonds. The normalized spacial score (nSPS) is 17.8.